The Hall–Kier alpha value is -2.68. The predicted molar refractivity (Wildman–Crippen MR) is 124 cm³/mol. The monoisotopic (exact) mass is 453 g/mol. The second-order valence-electron chi connectivity index (χ2n) is 8.44. The number of benzene rings is 2. The minimum absolute atomic E-state index is 0.0814. The Labute approximate surface area is 187 Å². The first-order valence-electron chi connectivity index (χ1n) is 11.0. The van der Waals surface area contributed by atoms with Crippen LogP contribution in [0.1, 0.15) is 17.5 Å². The lowest BCUT2D eigenvalue weighted by molar-refractivity contribution is 0.181. The first kappa shape index (κ1) is 21.2. The van der Waals surface area contributed by atoms with Crippen molar-refractivity contribution in [2.45, 2.75) is 30.8 Å². The molecule has 0 aliphatic carbocycles. The SMILES string of the molecule is COc1ccc(S(=O)(=O)N2CCN(Cc3cc4cccc5c4n(c3=O)CCC5)CC2)cc1. The third kappa shape index (κ3) is 3.72. The van der Waals surface area contributed by atoms with Crippen LogP contribution in [-0.2, 0) is 29.5 Å². The molecular weight excluding hydrogens is 426 g/mol. The largest absolute Gasteiger partial charge is 0.497 e. The predicted octanol–water partition coefficient (Wildman–Crippen LogP) is 2.46. The van der Waals surface area contributed by atoms with E-state index in [-0.39, 0.29) is 10.5 Å². The van der Waals surface area contributed by atoms with Gasteiger partial charge in [-0.15, -0.1) is 0 Å². The second kappa shape index (κ2) is 8.35. The number of piperazine rings is 1. The molecule has 5 rings (SSSR count). The van der Waals surface area contributed by atoms with Crippen LogP contribution in [0.25, 0.3) is 10.9 Å². The molecule has 1 aromatic heterocycles. The zero-order valence-corrected chi connectivity index (χ0v) is 19.0. The molecule has 1 saturated heterocycles. The van der Waals surface area contributed by atoms with Gasteiger partial charge < -0.3 is 9.30 Å². The first-order chi connectivity index (χ1) is 15.5. The number of aryl methyl sites for hydroxylation is 2. The number of ether oxygens (including phenoxy) is 1. The van der Waals surface area contributed by atoms with E-state index in [1.807, 2.05) is 10.6 Å². The van der Waals surface area contributed by atoms with E-state index in [0.717, 1.165) is 35.9 Å². The van der Waals surface area contributed by atoms with Crippen molar-refractivity contribution in [3.05, 3.63) is 70.0 Å². The summed E-state index contributed by atoms with van der Waals surface area (Å²) in [7, 11) is -1.99. The van der Waals surface area contributed by atoms with Crippen LogP contribution in [0, 0.1) is 0 Å². The van der Waals surface area contributed by atoms with E-state index >= 15 is 0 Å². The maximum Gasteiger partial charge on any atom is 0.255 e. The van der Waals surface area contributed by atoms with Gasteiger partial charge in [0.2, 0.25) is 10.0 Å². The molecule has 32 heavy (non-hydrogen) atoms. The molecule has 168 valence electrons. The number of methoxy groups -OCH3 is 1. The Morgan fingerprint density at radius 3 is 2.44 bits per heavy atom. The van der Waals surface area contributed by atoms with Crippen LogP contribution in [0.15, 0.2) is 58.2 Å². The standard InChI is InChI=1S/C24H27N3O4S/c1-31-21-7-9-22(10-8-21)32(29,30)26-14-12-25(13-15-26)17-20-16-19-5-2-4-18-6-3-11-27(23(18)19)24(20)28/h2,4-5,7-10,16H,3,6,11-15,17H2,1H3. The molecule has 2 aliphatic heterocycles. The summed E-state index contributed by atoms with van der Waals surface area (Å²) in [6.07, 6.45) is 2.00. The quantitative estimate of drug-likeness (QED) is 0.594. The van der Waals surface area contributed by atoms with Crippen molar-refractivity contribution >= 4 is 20.9 Å². The van der Waals surface area contributed by atoms with Crippen LogP contribution in [0.5, 0.6) is 5.75 Å². The molecule has 0 amide bonds. The molecule has 3 aromatic rings. The van der Waals surface area contributed by atoms with Gasteiger partial charge >= 0.3 is 0 Å². The fraction of sp³-hybridized carbons (Fsp3) is 0.375. The second-order valence-corrected chi connectivity index (χ2v) is 10.4. The lowest BCUT2D eigenvalue weighted by Crippen LogP contribution is -2.48. The van der Waals surface area contributed by atoms with Crippen LogP contribution in [0.3, 0.4) is 0 Å². The Bertz CT molecular complexity index is 1310. The molecule has 8 heteroatoms. The van der Waals surface area contributed by atoms with E-state index in [1.165, 1.54) is 9.87 Å². The molecule has 2 aliphatic rings. The minimum Gasteiger partial charge on any atom is -0.497 e. The van der Waals surface area contributed by atoms with E-state index in [2.05, 4.69) is 23.1 Å². The summed E-state index contributed by atoms with van der Waals surface area (Å²) in [5.41, 5.74) is 3.18. The van der Waals surface area contributed by atoms with Crippen molar-refractivity contribution in [3.63, 3.8) is 0 Å². The highest BCUT2D eigenvalue weighted by molar-refractivity contribution is 7.89. The van der Waals surface area contributed by atoms with Crippen LogP contribution < -0.4 is 10.3 Å². The molecule has 1 fully saturated rings. The van der Waals surface area contributed by atoms with Gasteiger partial charge in [0.25, 0.3) is 5.56 Å². The molecule has 0 saturated carbocycles. The van der Waals surface area contributed by atoms with Crippen LogP contribution in [0.2, 0.25) is 0 Å². The Kier molecular flexibility index (Phi) is 5.53. The van der Waals surface area contributed by atoms with E-state index in [4.69, 9.17) is 4.74 Å². The van der Waals surface area contributed by atoms with E-state index in [0.29, 0.717) is 38.5 Å². The Balaban J connectivity index is 1.32. The molecule has 0 N–H and O–H groups in total. The Morgan fingerprint density at radius 2 is 1.72 bits per heavy atom. The highest BCUT2D eigenvalue weighted by atomic mass is 32.2. The zero-order chi connectivity index (χ0) is 22.3. The van der Waals surface area contributed by atoms with Crippen molar-refractivity contribution in [1.29, 1.82) is 0 Å². The van der Waals surface area contributed by atoms with Crippen LogP contribution >= 0.6 is 0 Å². The van der Waals surface area contributed by atoms with E-state index in [9.17, 15) is 13.2 Å². The maximum atomic E-state index is 13.2. The summed E-state index contributed by atoms with van der Waals surface area (Å²) in [6, 6.07) is 14.7. The molecule has 2 aromatic carbocycles. The molecule has 0 spiro atoms. The van der Waals surface area contributed by atoms with Crippen molar-refractivity contribution in [3.8, 4) is 5.75 Å². The van der Waals surface area contributed by atoms with Crippen molar-refractivity contribution in [1.82, 2.24) is 13.8 Å². The third-order valence-electron chi connectivity index (χ3n) is 6.52. The molecule has 0 bridgehead atoms. The summed E-state index contributed by atoms with van der Waals surface area (Å²) >= 11 is 0. The summed E-state index contributed by atoms with van der Waals surface area (Å²) in [4.78, 5) is 15.6. The number of hydrogen-bond donors (Lipinski definition) is 0. The fourth-order valence-corrected chi connectivity index (χ4v) is 6.23. The topological polar surface area (TPSA) is 71.9 Å². The molecule has 3 heterocycles. The highest BCUT2D eigenvalue weighted by Crippen LogP contribution is 2.25. The minimum atomic E-state index is -3.54. The number of nitrogens with zero attached hydrogens (tertiary/aromatic N) is 3. The van der Waals surface area contributed by atoms with Gasteiger partial charge in [0.15, 0.2) is 0 Å². The number of rotatable bonds is 5. The average molecular weight is 454 g/mol. The number of aromatic nitrogens is 1. The maximum absolute atomic E-state index is 13.2. The molecule has 7 nitrogen and oxygen atoms in total. The van der Waals surface area contributed by atoms with Crippen LogP contribution in [-0.4, -0.2) is 55.5 Å². The van der Waals surface area contributed by atoms with Crippen molar-refractivity contribution in [2.75, 3.05) is 33.3 Å². The zero-order valence-electron chi connectivity index (χ0n) is 18.2. The van der Waals surface area contributed by atoms with Gasteiger partial charge in [0, 0.05) is 44.8 Å². The van der Waals surface area contributed by atoms with Gasteiger partial charge in [0.05, 0.1) is 17.5 Å². The Morgan fingerprint density at radius 1 is 0.969 bits per heavy atom. The van der Waals surface area contributed by atoms with Gasteiger partial charge in [0.1, 0.15) is 5.75 Å². The average Bonchev–Trinajstić information content (AvgIpc) is 2.83. The van der Waals surface area contributed by atoms with Crippen LogP contribution in [0.4, 0.5) is 0 Å². The van der Waals surface area contributed by atoms with Gasteiger partial charge in [-0.25, -0.2) is 8.42 Å². The third-order valence-corrected chi connectivity index (χ3v) is 8.43. The first-order valence-corrected chi connectivity index (χ1v) is 12.4. The van der Waals surface area contributed by atoms with Gasteiger partial charge in [-0.2, -0.15) is 4.31 Å². The number of hydrogen-bond acceptors (Lipinski definition) is 5. The smallest absolute Gasteiger partial charge is 0.255 e. The van der Waals surface area contributed by atoms with Crippen molar-refractivity contribution in [2.24, 2.45) is 0 Å². The van der Waals surface area contributed by atoms with E-state index in [1.54, 1.807) is 31.4 Å². The van der Waals surface area contributed by atoms with Gasteiger partial charge in [-0.1, -0.05) is 18.2 Å². The lowest BCUT2D eigenvalue weighted by Gasteiger charge is -2.34. The molecular formula is C24H27N3O4S. The highest BCUT2D eigenvalue weighted by Gasteiger charge is 2.29. The number of pyridine rings is 1. The van der Waals surface area contributed by atoms with Gasteiger partial charge in [-0.3, -0.25) is 9.69 Å². The van der Waals surface area contributed by atoms with Gasteiger partial charge in [-0.05, 0) is 54.1 Å². The summed E-state index contributed by atoms with van der Waals surface area (Å²) < 4.78 is 34.5. The summed E-state index contributed by atoms with van der Waals surface area (Å²) in [6.45, 7) is 3.28. The molecule has 0 radical (unpaired) electrons. The summed E-state index contributed by atoms with van der Waals surface area (Å²) in [5, 5.41) is 1.11. The molecule has 0 atom stereocenters. The fourth-order valence-electron chi connectivity index (χ4n) is 4.80. The number of sulfonamides is 1. The number of para-hydroxylation sites is 1. The van der Waals surface area contributed by atoms with E-state index < -0.39 is 10.0 Å². The normalized spacial score (nSPS) is 17.5. The van der Waals surface area contributed by atoms with Crippen molar-refractivity contribution < 1.29 is 13.2 Å². The lowest BCUT2D eigenvalue weighted by atomic mass is 10.00. The molecule has 0 unspecified atom stereocenters. The summed E-state index contributed by atoms with van der Waals surface area (Å²) in [5.74, 6) is 0.626.